The van der Waals surface area contributed by atoms with Crippen LogP contribution in [0.15, 0.2) is 18.2 Å². The molecule has 0 saturated carbocycles. The maximum Gasteiger partial charge on any atom is 0.307 e. The van der Waals surface area contributed by atoms with Crippen molar-refractivity contribution in [1.82, 2.24) is 0 Å². The topological polar surface area (TPSA) is 54.4 Å². The Kier molecular flexibility index (Phi) is 5.33. The molecule has 1 rings (SSSR count). The van der Waals surface area contributed by atoms with Crippen LogP contribution in [0.5, 0.6) is 0 Å². The summed E-state index contributed by atoms with van der Waals surface area (Å²) in [6.07, 6.45) is -0.0778. The summed E-state index contributed by atoms with van der Waals surface area (Å²) in [5.41, 5.74) is 2.37. The van der Waals surface area contributed by atoms with Gasteiger partial charge >= 0.3 is 5.97 Å². The Morgan fingerprint density at radius 1 is 1.35 bits per heavy atom. The molecule has 1 aromatic carbocycles. The number of ketones is 1. The zero-order valence-electron chi connectivity index (χ0n) is 9.24. The van der Waals surface area contributed by atoms with Gasteiger partial charge in [-0.25, -0.2) is 0 Å². The summed E-state index contributed by atoms with van der Waals surface area (Å²) in [5.74, 6) is -0.939. The van der Waals surface area contributed by atoms with Gasteiger partial charge in [0.25, 0.3) is 0 Å². The summed E-state index contributed by atoms with van der Waals surface area (Å²) in [6, 6.07) is 5.43. The lowest BCUT2D eigenvalue weighted by Gasteiger charge is -2.15. The van der Waals surface area contributed by atoms with Gasteiger partial charge in [0.05, 0.1) is 11.2 Å². The normalized spacial score (nSPS) is 12.2. The number of hydrogen-bond donors (Lipinski definition) is 1. The summed E-state index contributed by atoms with van der Waals surface area (Å²) in [7, 11) is 0. The van der Waals surface area contributed by atoms with E-state index in [1.54, 1.807) is 12.1 Å². The number of carbonyl (C=O) groups excluding carboxylic acids is 1. The van der Waals surface area contributed by atoms with Crippen molar-refractivity contribution < 1.29 is 14.7 Å². The summed E-state index contributed by atoms with van der Waals surface area (Å²) < 4.78 is 0. The number of carboxylic acids is 1. The van der Waals surface area contributed by atoms with Crippen LogP contribution in [0, 0.1) is 0 Å². The van der Waals surface area contributed by atoms with Gasteiger partial charge in [-0.05, 0) is 23.6 Å². The molecule has 92 valence electrons. The average molecular weight is 364 g/mol. The molecule has 1 unspecified atom stereocenters. The lowest BCUT2D eigenvalue weighted by atomic mass is 9.95. The Hall–Kier alpha value is -0.680. The molecule has 0 amide bonds. The fraction of sp³-hybridized carbons (Fsp3) is 0.333. The molecule has 5 heteroatoms. The zero-order valence-corrected chi connectivity index (χ0v) is 12.4. The third-order valence-corrected chi connectivity index (χ3v) is 4.09. The fourth-order valence-electron chi connectivity index (χ4n) is 1.63. The second kappa shape index (κ2) is 6.31. The second-order valence-corrected chi connectivity index (χ2v) is 5.14. The lowest BCUT2D eigenvalue weighted by molar-refractivity contribution is -0.136. The SMILES string of the molecule is CC(=O)C(Br)c1c(CBr)cccc1CC(=O)O. The number of halogens is 2. The first kappa shape index (κ1) is 14.4. The fourth-order valence-corrected chi connectivity index (χ4v) is 2.71. The third kappa shape index (κ3) is 3.64. The highest BCUT2D eigenvalue weighted by molar-refractivity contribution is 9.09. The van der Waals surface area contributed by atoms with Gasteiger partial charge in [0.15, 0.2) is 0 Å². The van der Waals surface area contributed by atoms with E-state index in [2.05, 4.69) is 31.9 Å². The third-order valence-electron chi connectivity index (χ3n) is 2.38. The number of benzene rings is 1. The van der Waals surface area contributed by atoms with E-state index < -0.39 is 10.8 Å². The predicted octanol–water partition coefficient (Wildman–Crippen LogP) is 3.23. The molecule has 1 aromatic rings. The van der Waals surface area contributed by atoms with Crippen molar-refractivity contribution in [3.8, 4) is 0 Å². The van der Waals surface area contributed by atoms with Gasteiger partial charge in [0.2, 0.25) is 0 Å². The van der Waals surface area contributed by atoms with Crippen LogP contribution >= 0.6 is 31.9 Å². The smallest absolute Gasteiger partial charge is 0.307 e. The minimum Gasteiger partial charge on any atom is -0.481 e. The molecule has 1 atom stereocenters. The van der Waals surface area contributed by atoms with Gasteiger partial charge in [0, 0.05) is 5.33 Å². The van der Waals surface area contributed by atoms with Gasteiger partial charge < -0.3 is 5.11 Å². The standard InChI is InChI=1S/C12H12Br2O3/c1-7(15)12(14)11-8(5-10(16)17)3-2-4-9(11)6-13/h2-4,12H,5-6H2,1H3,(H,16,17). The van der Waals surface area contributed by atoms with Crippen molar-refractivity contribution in [3.63, 3.8) is 0 Å². The van der Waals surface area contributed by atoms with E-state index in [4.69, 9.17) is 5.11 Å². The van der Waals surface area contributed by atoms with Gasteiger partial charge in [-0.3, -0.25) is 9.59 Å². The second-order valence-electron chi connectivity index (χ2n) is 3.67. The molecule has 0 heterocycles. The van der Waals surface area contributed by atoms with E-state index in [9.17, 15) is 9.59 Å². The maximum atomic E-state index is 11.4. The summed E-state index contributed by atoms with van der Waals surface area (Å²) in [6.45, 7) is 1.48. The molecule has 0 aliphatic rings. The summed E-state index contributed by atoms with van der Waals surface area (Å²) in [4.78, 5) is 21.8. The van der Waals surface area contributed by atoms with Crippen LogP contribution in [0.25, 0.3) is 0 Å². The largest absolute Gasteiger partial charge is 0.481 e. The Labute approximate surface area is 116 Å². The van der Waals surface area contributed by atoms with Crippen LogP contribution in [-0.4, -0.2) is 16.9 Å². The number of Topliss-reactive ketones (excluding diaryl/α,β-unsaturated/α-hetero) is 1. The number of alkyl halides is 2. The Morgan fingerprint density at radius 3 is 2.41 bits per heavy atom. The van der Waals surface area contributed by atoms with E-state index in [1.165, 1.54) is 6.92 Å². The van der Waals surface area contributed by atoms with Crippen molar-refractivity contribution in [1.29, 1.82) is 0 Å². The molecule has 0 aliphatic heterocycles. The van der Waals surface area contributed by atoms with Crippen molar-refractivity contribution in [2.75, 3.05) is 0 Å². The molecule has 0 fully saturated rings. The summed E-state index contributed by atoms with van der Waals surface area (Å²) >= 11 is 6.67. The van der Waals surface area contributed by atoms with Gasteiger partial charge in [-0.15, -0.1) is 0 Å². The van der Waals surface area contributed by atoms with E-state index in [1.807, 2.05) is 6.07 Å². The van der Waals surface area contributed by atoms with Crippen LogP contribution in [0.4, 0.5) is 0 Å². The van der Waals surface area contributed by atoms with Crippen LogP contribution in [0.3, 0.4) is 0 Å². The molecule has 3 nitrogen and oxygen atoms in total. The van der Waals surface area contributed by atoms with E-state index >= 15 is 0 Å². The molecule has 0 bridgehead atoms. The lowest BCUT2D eigenvalue weighted by Crippen LogP contribution is -2.11. The monoisotopic (exact) mass is 362 g/mol. The first-order valence-corrected chi connectivity index (χ1v) is 7.04. The molecule has 0 radical (unpaired) electrons. The average Bonchev–Trinajstić information content (AvgIpc) is 2.26. The molecule has 0 spiro atoms. The first-order chi connectivity index (χ1) is 7.97. The van der Waals surface area contributed by atoms with Gasteiger partial charge in [0.1, 0.15) is 5.78 Å². The minimum atomic E-state index is -0.902. The zero-order chi connectivity index (χ0) is 13.0. The number of rotatable bonds is 5. The highest BCUT2D eigenvalue weighted by atomic mass is 79.9. The van der Waals surface area contributed by atoms with Crippen LogP contribution in [0.1, 0.15) is 28.4 Å². The molecule has 1 N–H and O–H groups in total. The Balaban J connectivity index is 3.29. The first-order valence-electron chi connectivity index (χ1n) is 5.00. The molecule has 0 saturated heterocycles. The molecule has 0 aliphatic carbocycles. The minimum absolute atomic E-state index is 0.0370. The molecular weight excluding hydrogens is 352 g/mol. The number of carbonyl (C=O) groups is 2. The summed E-state index contributed by atoms with van der Waals surface area (Å²) in [5, 5.41) is 9.45. The highest BCUT2D eigenvalue weighted by Gasteiger charge is 2.20. The predicted molar refractivity (Wildman–Crippen MR) is 72.8 cm³/mol. The molecular formula is C12H12Br2O3. The van der Waals surface area contributed by atoms with Crippen LogP contribution in [-0.2, 0) is 21.3 Å². The maximum absolute atomic E-state index is 11.4. The van der Waals surface area contributed by atoms with Crippen molar-refractivity contribution in [2.45, 2.75) is 23.5 Å². The Morgan fingerprint density at radius 2 is 1.94 bits per heavy atom. The Bertz CT molecular complexity index is 443. The number of aliphatic carboxylic acids is 1. The molecule has 17 heavy (non-hydrogen) atoms. The van der Waals surface area contributed by atoms with E-state index in [0.29, 0.717) is 10.9 Å². The van der Waals surface area contributed by atoms with E-state index in [0.717, 1.165) is 11.1 Å². The van der Waals surface area contributed by atoms with Crippen molar-refractivity contribution >= 4 is 43.6 Å². The quantitative estimate of drug-likeness (QED) is 0.817. The van der Waals surface area contributed by atoms with Gasteiger partial charge in [-0.1, -0.05) is 50.1 Å². The van der Waals surface area contributed by atoms with Crippen LogP contribution < -0.4 is 0 Å². The van der Waals surface area contributed by atoms with Gasteiger partial charge in [-0.2, -0.15) is 0 Å². The van der Waals surface area contributed by atoms with Crippen molar-refractivity contribution in [2.24, 2.45) is 0 Å². The van der Waals surface area contributed by atoms with Crippen molar-refractivity contribution in [3.05, 3.63) is 34.9 Å². The highest BCUT2D eigenvalue weighted by Crippen LogP contribution is 2.31. The van der Waals surface area contributed by atoms with E-state index in [-0.39, 0.29) is 12.2 Å². The number of hydrogen-bond acceptors (Lipinski definition) is 2. The van der Waals surface area contributed by atoms with Crippen LogP contribution in [0.2, 0.25) is 0 Å². The molecule has 0 aromatic heterocycles. The number of carboxylic acid groups (broad SMARTS) is 1.